The van der Waals surface area contributed by atoms with E-state index in [1.807, 2.05) is 37.3 Å². The summed E-state index contributed by atoms with van der Waals surface area (Å²) in [5, 5.41) is 3.47. The van der Waals surface area contributed by atoms with Gasteiger partial charge in [0.2, 0.25) is 5.91 Å². The number of aromatic nitrogens is 1. The van der Waals surface area contributed by atoms with E-state index < -0.39 is 0 Å². The van der Waals surface area contributed by atoms with Gasteiger partial charge >= 0.3 is 5.97 Å². The molecule has 0 fully saturated rings. The fraction of sp³-hybridized carbons (Fsp3) is 0.450. The van der Waals surface area contributed by atoms with E-state index in [1.54, 1.807) is 0 Å². The van der Waals surface area contributed by atoms with Crippen molar-refractivity contribution in [2.75, 3.05) is 18.5 Å². The molecule has 1 aromatic heterocycles. The van der Waals surface area contributed by atoms with Crippen LogP contribution in [0.3, 0.4) is 0 Å². The molecular formula is C20H24N2O4S. The lowest BCUT2D eigenvalue weighted by molar-refractivity contribution is -0.148. The summed E-state index contributed by atoms with van der Waals surface area (Å²) < 4.78 is 10.7. The number of anilines is 1. The molecule has 1 aliphatic rings. The van der Waals surface area contributed by atoms with Crippen LogP contribution in [0.1, 0.15) is 36.8 Å². The van der Waals surface area contributed by atoms with Gasteiger partial charge in [-0.1, -0.05) is 18.2 Å². The van der Waals surface area contributed by atoms with Crippen LogP contribution in [-0.4, -0.2) is 30.1 Å². The average Bonchev–Trinajstić information content (AvgIpc) is 3.07. The topological polar surface area (TPSA) is 77.5 Å². The quantitative estimate of drug-likeness (QED) is 0.552. The molecule has 1 unspecified atom stereocenters. The summed E-state index contributed by atoms with van der Waals surface area (Å²) in [5.74, 6) is 0.499. The molecule has 7 heteroatoms. The molecule has 0 spiro atoms. The third kappa shape index (κ3) is 5.53. The van der Waals surface area contributed by atoms with Gasteiger partial charge in [0.25, 0.3) is 0 Å². The van der Waals surface area contributed by atoms with Gasteiger partial charge in [-0.3, -0.25) is 9.59 Å². The van der Waals surface area contributed by atoms with E-state index in [0.29, 0.717) is 37.6 Å². The van der Waals surface area contributed by atoms with Crippen molar-refractivity contribution >= 4 is 28.3 Å². The molecule has 0 saturated carbocycles. The lowest BCUT2D eigenvalue weighted by Crippen LogP contribution is -2.24. The van der Waals surface area contributed by atoms with Crippen LogP contribution in [0, 0.1) is 5.92 Å². The lowest BCUT2D eigenvalue weighted by Gasteiger charge is -2.18. The van der Waals surface area contributed by atoms with Gasteiger partial charge in [-0.2, -0.15) is 0 Å². The van der Waals surface area contributed by atoms with Crippen molar-refractivity contribution in [1.82, 2.24) is 4.98 Å². The van der Waals surface area contributed by atoms with Crippen LogP contribution >= 0.6 is 11.3 Å². The van der Waals surface area contributed by atoms with E-state index in [1.165, 1.54) is 11.3 Å². The van der Waals surface area contributed by atoms with Crippen LogP contribution in [0.15, 0.2) is 30.3 Å². The molecule has 3 rings (SSSR count). The van der Waals surface area contributed by atoms with Gasteiger partial charge in [0, 0.05) is 11.3 Å². The van der Waals surface area contributed by atoms with E-state index in [0.717, 1.165) is 29.2 Å². The number of thiazole rings is 1. The zero-order valence-corrected chi connectivity index (χ0v) is 16.2. The maximum atomic E-state index is 12.1. The number of ether oxygens (including phenoxy) is 2. The van der Waals surface area contributed by atoms with Crippen molar-refractivity contribution in [2.45, 2.75) is 39.0 Å². The van der Waals surface area contributed by atoms with Crippen LogP contribution in [0.5, 0.6) is 5.75 Å². The van der Waals surface area contributed by atoms with Gasteiger partial charge in [-0.15, -0.1) is 11.3 Å². The zero-order valence-electron chi connectivity index (χ0n) is 15.4. The smallest absolute Gasteiger partial charge is 0.309 e. The number of para-hydroxylation sites is 1. The average molecular weight is 388 g/mol. The van der Waals surface area contributed by atoms with Crippen LogP contribution in [-0.2, 0) is 27.2 Å². The molecule has 0 aliphatic heterocycles. The summed E-state index contributed by atoms with van der Waals surface area (Å²) in [6.07, 6.45) is 3.15. The molecule has 2 aromatic rings. The van der Waals surface area contributed by atoms with Crippen LogP contribution in [0.4, 0.5) is 5.13 Å². The Bertz CT molecular complexity index is 776. The standard InChI is InChI=1S/C20H24N2O4S/c1-2-25-19(24)14-10-11-16-17(13-14)27-20(21-16)22-18(23)9-6-12-26-15-7-4-3-5-8-15/h3-5,7-8,14H,2,6,9-13H2,1H3,(H,21,22,23). The highest BCUT2D eigenvalue weighted by Gasteiger charge is 2.28. The Labute approximate surface area is 162 Å². The fourth-order valence-electron chi connectivity index (χ4n) is 3.01. The maximum absolute atomic E-state index is 12.1. The Morgan fingerprint density at radius 2 is 2.11 bits per heavy atom. The highest BCUT2D eigenvalue weighted by atomic mass is 32.1. The van der Waals surface area contributed by atoms with E-state index in [-0.39, 0.29) is 17.8 Å². The number of carbonyl (C=O) groups is 2. The van der Waals surface area contributed by atoms with E-state index in [4.69, 9.17) is 9.47 Å². The molecule has 1 aliphatic carbocycles. The summed E-state index contributed by atoms with van der Waals surface area (Å²) in [5.41, 5.74) is 0.989. The second-order valence-electron chi connectivity index (χ2n) is 6.39. The van der Waals surface area contributed by atoms with Crippen LogP contribution in [0.25, 0.3) is 0 Å². The largest absolute Gasteiger partial charge is 0.494 e. The van der Waals surface area contributed by atoms with Crippen molar-refractivity contribution < 1.29 is 19.1 Å². The first kappa shape index (κ1) is 19.4. The van der Waals surface area contributed by atoms with Gasteiger partial charge in [0.15, 0.2) is 5.13 Å². The number of benzene rings is 1. The second kappa shape index (κ2) is 9.50. The number of fused-ring (bicyclic) bond motifs is 1. The minimum absolute atomic E-state index is 0.0697. The third-order valence-corrected chi connectivity index (χ3v) is 5.40. The number of nitrogens with zero attached hydrogens (tertiary/aromatic N) is 1. The fourth-order valence-corrected chi connectivity index (χ4v) is 4.12. The van der Waals surface area contributed by atoms with Gasteiger partial charge in [-0.25, -0.2) is 4.98 Å². The Balaban J connectivity index is 1.43. The minimum Gasteiger partial charge on any atom is -0.494 e. The molecule has 1 amide bonds. The lowest BCUT2D eigenvalue weighted by atomic mass is 9.91. The first-order valence-corrected chi connectivity index (χ1v) is 10.1. The number of esters is 1. The van der Waals surface area contributed by atoms with Crippen LogP contribution < -0.4 is 10.1 Å². The number of nitrogens with one attached hydrogen (secondary N) is 1. The van der Waals surface area contributed by atoms with E-state index in [2.05, 4.69) is 10.3 Å². The first-order valence-electron chi connectivity index (χ1n) is 9.28. The number of hydrogen-bond acceptors (Lipinski definition) is 6. The third-order valence-electron chi connectivity index (χ3n) is 4.37. The van der Waals surface area contributed by atoms with Gasteiger partial charge in [0.1, 0.15) is 5.75 Å². The predicted molar refractivity (Wildman–Crippen MR) is 104 cm³/mol. The van der Waals surface area contributed by atoms with Gasteiger partial charge in [0.05, 0.1) is 24.8 Å². The summed E-state index contributed by atoms with van der Waals surface area (Å²) in [7, 11) is 0. The molecule has 0 bridgehead atoms. The molecule has 0 saturated heterocycles. The number of rotatable bonds is 8. The highest BCUT2D eigenvalue weighted by molar-refractivity contribution is 7.15. The van der Waals surface area contributed by atoms with Crippen molar-refractivity contribution in [1.29, 1.82) is 0 Å². The van der Waals surface area contributed by atoms with Gasteiger partial charge < -0.3 is 14.8 Å². The summed E-state index contributed by atoms with van der Waals surface area (Å²) in [6, 6.07) is 9.55. The molecule has 1 aromatic carbocycles. The molecule has 27 heavy (non-hydrogen) atoms. The normalized spacial score (nSPS) is 15.7. The van der Waals surface area contributed by atoms with Gasteiger partial charge in [-0.05, 0) is 44.7 Å². The predicted octanol–water partition coefficient (Wildman–Crippen LogP) is 3.61. The summed E-state index contributed by atoms with van der Waals surface area (Å²) in [6.45, 7) is 2.71. The van der Waals surface area contributed by atoms with Crippen molar-refractivity contribution in [3.63, 3.8) is 0 Å². The molecular weight excluding hydrogens is 364 g/mol. The highest BCUT2D eigenvalue weighted by Crippen LogP contribution is 2.33. The molecule has 6 nitrogen and oxygen atoms in total. The molecule has 144 valence electrons. The van der Waals surface area contributed by atoms with Crippen molar-refractivity contribution in [3.05, 3.63) is 40.9 Å². The maximum Gasteiger partial charge on any atom is 0.309 e. The van der Waals surface area contributed by atoms with E-state index in [9.17, 15) is 9.59 Å². The monoisotopic (exact) mass is 388 g/mol. The Hall–Kier alpha value is -2.41. The number of carbonyl (C=O) groups excluding carboxylic acids is 2. The minimum atomic E-state index is -0.138. The van der Waals surface area contributed by atoms with Crippen LogP contribution in [0.2, 0.25) is 0 Å². The Morgan fingerprint density at radius 1 is 1.30 bits per heavy atom. The van der Waals surface area contributed by atoms with Crippen molar-refractivity contribution in [2.24, 2.45) is 5.92 Å². The van der Waals surface area contributed by atoms with Crippen molar-refractivity contribution in [3.8, 4) is 5.75 Å². The molecule has 1 atom stereocenters. The molecule has 0 radical (unpaired) electrons. The molecule has 1 heterocycles. The summed E-state index contributed by atoms with van der Waals surface area (Å²) >= 11 is 1.46. The number of aryl methyl sites for hydroxylation is 1. The number of hydrogen-bond donors (Lipinski definition) is 1. The Morgan fingerprint density at radius 3 is 2.89 bits per heavy atom. The second-order valence-corrected chi connectivity index (χ2v) is 7.48. The summed E-state index contributed by atoms with van der Waals surface area (Å²) in [4.78, 5) is 29.6. The van der Waals surface area contributed by atoms with E-state index >= 15 is 0 Å². The SMILES string of the molecule is CCOC(=O)C1CCc2nc(NC(=O)CCCOc3ccccc3)sc2C1. The molecule has 1 N–H and O–H groups in total. The number of amides is 1. The Kier molecular flexibility index (Phi) is 6.81. The first-order chi connectivity index (χ1) is 13.2. The zero-order chi connectivity index (χ0) is 19.1.